The van der Waals surface area contributed by atoms with Crippen molar-refractivity contribution in [3.05, 3.63) is 35.5 Å². The zero-order chi connectivity index (χ0) is 11.7. The molecular weight excluding hydrogens is 204 g/mol. The van der Waals surface area contributed by atoms with Gasteiger partial charge < -0.3 is 15.8 Å². The third-order valence-electron chi connectivity index (χ3n) is 2.81. The van der Waals surface area contributed by atoms with Crippen LogP contribution < -0.4 is 5.73 Å². The van der Waals surface area contributed by atoms with E-state index in [0.717, 1.165) is 22.2 Å². The monoisotopic (exact) mass is 218 g/mol. The summed E-state index contributed by atoms with van der Waals surface area (Å²) in [6, 6.07) is 7.03. The van der Waals surface area contributed by atoms with Crippen LogP contribution in [0.1, 0.15) is 11.3 Å². The Labute approximate surface area is 93.1 Å². The summed E-state index contributed by atoms with van der Waals surface area (Å²) in [6.45, 7) is 1.97. The number of carboxylic acids is 1. The van der Waals surface area contributed by atoms with Gasteiger partial charge in [0.2, 0.25) is 0 Å². The minimum atomic E-state index is -0.974. The Morgan fingerprint density at radius 1 is 1.50 bits per heavy atom. The molecule has 4 N–H and O–H groups in total. The SMILES string of the molecule is Cc1c(CC(N)C(=O)O)[nH]c2ccccc12. The molecule has 0 saturated carbocycles. The average molecular weight is 218 g/mol. The maximum Gasteiger partial charge on any atom is 0.320 e. The summed E-state index contributed by atoms with van der Waals surface area (Å²) in [5.74, 6) is -0.974. The second-order valence-electron chi connectivity index (χ2n) is 3.92. The van der Waals surface area contributed by atoms with Gasteiger partial charge in [0, 0.05) is 23.0 Å². The number of hydrogen-bond acceptors (Lipinski definition) is 2. The number of carboxylic acid groups (broad SMARTS) is 1. The van der Waals surface area contributed by atoms with Crippen LogP contribution >= 0.6 is 0 Å². The predicted molar refractivity (Wildman–Crippen MR) is 62.4 cm³/mol. The average Bonchev–Trinajstić information content (AvgIpc) is 2.56. The zero-order valence-electron chi connectivity index (χ0n) is 9.03. The summed E-state index contributed by atoms with van der Waals surface area (Å²) >= 11 is 0. The topological polar surface area (TPSA) is 79.1 Å². The molecule has 0 fully saturated rings. The fourth-order valence-corrected chi connectivity index (χ4v) is 1.85. The molecular formula is C12H14N2O2. The number of hydrogen-bond donors (Lipinski definition) is 3. The minimum Gasteiger partial charge on any atom is -0.480 e. The maximum atomic E-state index is 10.7. The van der Waals surface area contributed by atoms with Gasteiger partial charge in [0.1, 0.15) is 6.04 Å². The molecule has 1 aromatic heterocycles. The molecule has 1 unspecified atom stereocenters. The lowest BCUT2D eigenvalue weighted by Gasteiger charge is -2.05. The van der Waals surface area contributed by atoms with Crippen LogP contribution in [0.4, 0.5) is 0 Å². The summed E-state index contributed by atoms with van der Waals surface area (Å²) in [5, 5.41) is 9.89. The number of aromatic nitrogens is 1. The number of aliphatic carboxylic acids is 1. The largest absolute Gasteiger partial charge is 0.480 e. The lowest BCUT2D eigenvalue weighted by atomic mass is 10.1. The van der Waals surface area contributed by atoms with Crippen molar-refractivity contribution in [2.45, 2.75) is 19.4 Å². The van der Waals surface area contributed by atoms with Gasteiger partial charge in [0.05, 0.1) is 0 Å². The van der Waals surface area contributed by atoms with Crippen molar-refractivity contribution >= 4 is 16.9 Å². The van der Waals surface area contributed by atoms with Crippen molar-refractivity contribution in [2.75, 3.05) is 0 Å². The lowest BCUT2D eigenvalue weighted by molar-refractivity contribution is -0.138. The summed E-state index contributed by atoms with van der Waals surface area (Å²) < 4.78 is 0. The molecule has 1 atom stereocenters. The fraction of sp³-hybridized carbons (Fsp3) is 0.250. The molecule has 0 spiro atoms. The van der Waals surface area contributed by atoms with Crippen LogP contribution in [0.5, 0.6) is 0 Å². The van der Waals surface area contributed by atoms with E-state index in [4.69, 9.17) is 10.8 Å². The molecule has 1 aromatic carbocycles. The van der Waals surface area contributed by atoms with Gasteiger partial charge in [0.25, 0.3) is 0 Å². The standard InChI is InChI=1S/C12H14N2O2/c1-7-8-4-2-3-5-10(8)14-11(7)6-9(13)12(15)16/h2-5,9,14H,6,13H2,1H3,(H,15,16). The fourth-order valence-electron chi connectivity index (χ4n) is 1.85. The number of nitrogens with one attached hydrogen (secondary N) is 1. The first kappa shape index (κ1) is 10.7. The number of para-hydroxylation sites is 1. The van der Waals surface area contributed by atoms with Crippen LogP contribution in [0.15, 0.2) is 24.3 Å². The lowest BCUT2D eigenvalue weighted by Crippen LogP contribution is -2.32. The summed E-state index contributed by atoms with van der Waals surface area (Å²) in [5.41, 5.74) is 8.52. The van der Waals surface area contributed by atoms with Gasteiger partial charge in [0.15, 0.2) is 0 Å². The molecule has 2 aromatic rings. The van der Waals surface area contributed by atoms with E-state index in [2.05, 4.69) is 4.98 Å². The molecule has 0 radical (unpaired) electrons. The van der Waals surface area contributed by atoms with Gasteiger partial charge in [-0.25, -0.2) is 0 Å². The van der Waals surface area contributed by atoms with Crippen molar-refractivity contribution in [3.63, 3.8) is 0 Å². The first-order chi connectivity index (χ1) is 7.59. The van der Waals surface area contributed by atoms with Crippen LogP contribution in [0.2, 0.25) is 0 Å². The Balaban J connectivity index is 2.38. The van der Waals surface area contributed by atoms with E-state index < -0.39 is 12.0 Å². The highest BCUT2D eigenvalue weighted by Gasteiger charge is 2.15. The Bertz CT molecular complexity index is 531. The molecule has 4 heteroatoms. The van der Waals surface area contributed by atoms with E-state index in [9.17, 15) is 4.79 Å². The second-order valence-corrected chi connectivity index (χ2v) is 3.92. The van der Waals surface area contributed by atoms with Crippen LogP contribution in [0, 0.1) is 6.92 Å². The molecule has 0 bridgehead atoms. The van der Waals surface area contributed by atoms with E-state index in [1.165, 1.54) is 0 Å². The number of nitrogens with two attached hydrogens (primary N) is 1. The van der Waals surface area contributed by atoms with Crippen molar-refractivity contribution in [2.24, 2.45) is 5.73 Å². The van der Waals surface area contributed by atoms with Gasteiger partial charge in [-0.3, -0.25) is 4.79 Å². The number of aromatic amines is 1. The molecule has 84 valence electrons. The van der Waals surface area contributed by atoms with E-state index >= 15 is 0 Å². The molecule has 0 aliphatic carbocycles. The van der Waals surface area contributed by atoms with E-state index in [0.29, 0.717) is 6.42 Å². The summed E-state index contributed by atoms with van der Waals surface area (Å²) in [6.07, 6.45) is 0.329. The summed E-state index contributed by atoms with van der Waals surface area (Å²) in [7, 11) is 0. The highest BCUT2D eigenvalue weighted by molar-refractivity contribution is 5.84. The van der Waals surface area contributed by atoms with Crippen molar-refractivity contribution in [1.29, 1.82) is 0 Å². The second kappa shape index (κ2) is 3.98. The van der Waals surface area contributed by atoms with Crippen LogP contribution in [0.3, 0.4) is 0 Å². The van der Waals surface area contributed by atoms with Crippen LogP contribution in [0.25, 0.3) is 10.9 Å². The Morgan fingerprint density at radius 3 is 2.81 bits per heavy atom. The maximum absolute atomic E-state index is 10.7. The number of H-pyrrole nitrogens is 1. The Morgan fingerprint density at radius 2 is 2.19 bits per heavy atom. The highest BCUT2D eigenvalue weighted by Crippen LogP contribution is 2.21. The zero-order valence-corrected chi connectivity index (χ0v) is 9.03. The first-order valence-corrected chi connectivity index (χ1v) is 5.14. The third kappa shape index (κ3) is 1.79. The molecule has 0 saturated heterocycles. The number of aryl methyl sites for hydroxylation is 1. The van der Waals surface area contributed by atoms with E-state index in [-0.39, 0.29) is 0 Å². The molecule has 0 aliphatic heterocycles. The van der Waals surface area contributed by atoms with Crippen LogP contribution in [-0.4, -0.2) is 22.1 Å². The first-order valence-electron chi connectivity index (χ1n) is 5.14. The van der Waals surface area contributed by atoms with Crippen molar-refractivity contribution in [3.8, 4) is 0 Å². The third-order valence-corrected chi connectivity index (χ3v) is 2.81. The number of rotatable bonds is 3. The molecule has 1 heterocycles. The quantitative estimate of drug-likeness (QED) is 0.729. The van der Waals surface area contributed by atoms with Gasteiger partial charge in [-0.1, -0.05) is 18.2 Å². The molecule has 16 heavy (non-hydrogen) atoms. The normalized spacial score (nSPS) is 12.9. The van der Waals surface area contributed by atoms with Gasteiger partial charge >= 0.3 is 5.97 Å². The Kier molecular flexibility index (Phi) is 2.66. The van der Waals surface area contributed by atoms with E-state index in [1.807, 2.05) is 31.2 Å². The number of benzene rings is 1. The highest BCUT2D eigenvalue weighted by atomic mass is 16.4. The molecule has 4 nitrogen and oxygen atoms in total. The van der Waals surface area contributed by atoms with Crippen molar-refractivity contribution in [1.82, 2.24) is 4.98 Å². The van der Waals surface area contributed by atoms with Gasteiger partial charge in [-0.05, 0) is 18.6 Å². The minimum absolute atomic E-state index is 0.329. The predicted octanol–water partition coefficient (Wildman–Crippen LogP) is 1.43. The van der Waals surface area contributed by atoms with Gasteiger partial charge in [-0.2, -0.15) is 0 Å². The Hall–Kier alpha value is -1.81. The van der Waals surface area contributed by atoms with Crippen LogP contribution in [-0.2, 0) is 11.2 Å². The molecule has 0 aliphatic rings. The smallest absolute Gasteiger partial charge is 0.320 e. The molecule has 0 amide bonds. The number of carbonyl (C=O) groups is 1. The van der Waals surface area contributed by atoms with Crippen molar-refractivity contribution < 1.29 is 9.90 Å². The number of fused-ring (bicyclic) bond motifs is 1. The molecule has 2 rings (SSSR count). The van der Waals surface area contributed by atoms with E-state index in [1.54, 1.807) is 0 Å². The van der Waals surface area contributed by atoms with Gasteiger partial charge in [-0.15, -0.1) is 0 Å². The summed E-state index contributed by atoms with van der Waals surface area (Å²) in [4.78, 5) is 13.9.